The lowest BCUT2D eigenvalue weighted by atomic mass is 9.94. The van der Waals surface area contributed by atoms with Crippen LogP contribution >= 0.6 is 11.6 Å². The van der Waals surface area contributed by atoms with Crippen molar-refractivity contribution in [3.8, 4) is 5.82 Å². The summed E-state index contributed by atoms with van der Waals surface area (Å²) in [7, 11) is 0. The first kappa shape index (κ1) is 17.1. The number of fused-ring (bicyclic) bond motifs is 1. The van der Waals surface area contributed by atoms with E-state index in [0.29, 0.717) is 19.0 Å². The number of aromatic nitrogens is 3. The Balaban J connectivity index is 2.01. The highest BCUT2D eigenvalue weighted by Crippen LogP contribution is 2.34. The summed E-state index contributed by atoms with van der Waals surface area (Å²) in [6.07, 6.45) is 4.04. The van der Waals surface area contributed by atoms with Crippen molar-refractivity contribution < 1.29 is 4.79 Å². The lowest BCUT2D eigenvalue weighted by Crippen LogP contribution is -2.39. The van der Waals surface area contributed by atoms with E-state index in [1.54, 1.807) is 0 Å². The van der Waals surface area contributed by atoms with Gasteiger partial charge in [-0.15, -0.1) is 11.6 Å². The molecule has 130 valence electrons. The second-order valence-corrected chi connectivity index (χ2v) is 8.37. The van der Waals surface area contributed by atoms with Crippen molar-refractivity contribution >= 4 is 17.5 Å². The van der Waals surface area contributed by atoms with Crippen LogP contribution in [0.15, 0.2) is 24.5 Å². The number of nitrogens with zero attached hydrogens (tertiary/aromatic N) is 4. The molecule has 0 atom stereocenters. The van der Waals surface area contributed by atoms with Crippen LogP contribution in [0.25, 0.3) is 5.82 Å². The number of carbonyl (C=O) groups is 1. The maximum Gasteiger partial charge on any atom is 0.230 e. The minimum Gasteiger partial charge on any atom is -0.332 e. The van der Waals surface area contributed by atoms with Crippen molar-refractivity contribution in [3.63, 3.8) is 0 Å². The Hall–Kier alpha value is -1.75. The smallest absolute Gasteiger partial charge is 0.230 e. The molecule has 3 rings (SSSR count). The largest absolute Gasteiger partial charge is 0.332 e. The minimum absolute atomic E-state index is 0.0799. The summed E-state index contributed by atoms with van der Waals surface area (Å²) < 4.78 is 4.14. The zero-order valence-corrected chi connectivity index (χ0v) is 15.8. The number of amides is 1. The van der Waals surface area contributed by atoms with Crippen LogP contribution in [0, 0.1) is 5.41 Å². The number of halogens is 1. The van der Waals surface area contributed by atoms with Gasteiger partial charge in [-0.2, -0.15) is 5.10 Å². The highest BCUT2D eigenvalue weighted by Gasteiger charge is 2.38. The first-order valence-electron chi connectivity index (χ1n) is 8.25. The van der Waals surface area contributed by atoms with E-state index in [-0.39, 0.29) is 11.4 Å². The summed E-state index contributed by atoms with van der Waals surface area (Å²) in [5.41, 5.74) is 1.42. The van der Waals surface area contributed by atoms with Gasteiger partial charge in [0.25, 0.3) is 0 Å². The molecule has 3 heterocycles. The van der Waals surface area contributed by atoms with E-state index < -0.39 is 5.41 Å². The maximum absolute atomic E-state index is 12.7. The van der Waals surface area contributed by atoms with Crippen LogP contribution in [0.2, 0.25) is 0 Å². The monoisotopic (exact) mass is 348 g/mol. The van der Waals surface area contributed by atoms with Crippen LogP contribution < -0.4 is 0 Å². The summed E-state index contributed by atoms with van der Waals surface area (Å²) >= 11 is 5.98. The van der Waals surface area contributed by atoms with Crippen molar-refractivity contribution in [3.05, 3.63) is 35.8 Å². The summed E-state index contributed by atoms with van der Waals surface area (Å²) in [6, 6.07) is 4.00. The molecule has 0 aliphatic carbocycles. The van der Waals surface area contributed by atoms with Crippen molar-refractivity contribution in [2.75, 3.05) is 5.88 Å². The lowest BCUT2D eigenvalue weighted by molar-refractivity contribution is -0.139. The number of hydrogen-bond acceptors (Lipinski definition) is 2. The molecule has 0 spiro atoms. The van der Waals surface area contributed by atoms with Gasteiger partial charge < -0.3 is 9.47 Å². The van der Waals surface area contributed by atoms with Gasteiger partial charge in [-0.1, -0.05) is 0 Å². The predicted octanol–water partition coefficient (Wildman–Crippen LogP) is 3.54. The molecule has 0 fully saturated rings. The fraction of sp³-hybridized carbons (Fsp3) is 0.556. The van der Waals surface area contributed by atoms with Gasteiger partial charge in [-0.05, 0) is 46.8 Å². The maximum atomic E-state index is 12.7. The number of hydrogen-bond donors (Lipinski definition) is 0. The third-order valence-corrected chi connectivity index (χ3v) is 5.08. The molecule has 0 saturated heterocycles. The topological polar surface area (TPSA) is 43.1 Å². The highest BCUT2D eigenvalue weighted by molar-refractivity contribution is 6.19. The van der Waals surface area contributed by atoms with Gasteiger partial charge >= 0.3 is 0 Å². The van der Waals surface area contributed by atoms with Crippen LogP contribution in [-0.2, 0) is 23.4 Å². The van der Waals surface area contributed by atoms with E-state index in [1.807, 2.05) is 43.3 Å². The molecule has 1 amide bonds. The van der Waals surface area contributed by atoms with E-state index in [1.165, 1.54) is 0 Å². The van der Waals surface area contributed by atoms with Crippen LogP contribution in [0.5, 0.6) is 0 Å². The Morgan fingerprint density at radius 3 is 2.33 bits per heavy atom. The second kappa shape index (κ2) is 5.66. The normalized spacial score (nSPS) is 15.0. The minimum atomic E-state index is -0.557. The molecule has 2 aromatic heterocycles. The molecule has 0 N–H and O–H groups in total. The van der Waals surface area contributed by atoms with Crippen LogP contribution in [0.4, 0.5) is 0 Å². The fourth-order valence-corrected chi connectivity index (χ4v) is 3.15. The summed E-state index contributed by atoms with van der Waals surface area (Å²) in [6.45, 7) is 11.3. The molecule has 0 aromatic carbocycles. The molecule has 2 aromatic rings. The van der Waals surface area contributed by atoms with Crippen LogP contribution in [-0.4, -0.2) is 31.0 Å². The molecule has 0 bridgehead atoms. The van der Waals surface area contributed by atoms with E-state index in [9.17, 15) is 4.79 Å². The Morgan fingerprint density at radius 2 is 1.79 bits per heavy atom. The Bertz CT molecular complexity index is 753. The molecule has 6 heteroatoms. The molecule has 0 saturated carbocycles. The van der Waals surface area contributed by atoms with E-state index >= 15 is 0 Å². The number of rotatable bonds is 3. The van der Waals surface area contributed by atoms with Gasteiger partial charge in [0.15, 0.2) is 0 Å². The van der Waals surface area contributed by atoms with Gasteiger partial charge in [0, 0.05) is 23.8 Å². The standard InChI is InChI=1S/C18H25ClN4O/c1-17(2,3)23-15(21-8-6-7-9-21)13-10-22(11-14(13)20-23)16(24)18(4,5)12-19/h6-9H,10-12H2,1-5H3. The van der Waals surface area contributed by atoms with E-state index in [4.69, 9.17) is 16.7 Å². The molecule has 0 radical (unpaired) electrons. The third-order valence-electron chi connectivity index (χ3n) is 4.41. The van der Waals surface area contributed by atoms with Gasteiger partial charge in [0.05, 0.1) is 29.7 Å². The molecule has 1 aliphatic rings. The van der Waals surface area contributed by atoms with Crippen LogP contribution in [0.1, 0.15) is 45.9 Å². The summed E-state index contributed by atoms with van der Waals surface area (Å²) in [5.74, 6) is 1.43. The van der Waals surface area contributed by atoms with E-state index in [0.717, 1.165) is 17.1 Å². The van der Waals surface area contributed by atoms with Crippen molar-refractivity contribution in [1.29, 1.82) is 0 Å². The van der Waals surface area contributed by atoms with Gasteiger partial charge in [0.2, 0.25) is 5.91 Å². The molecule has 1 aliphatic heterocycles. The SMILES string of the molecule is CC(C)(CCl)C(=O)N1Cc2nn(C(C)(C)C)c(-n3cccc3)c2C1. The van der Waals surface area contributed by atoms with Crippen molar-refractivity contribution in [2.24, 2.45) is 5.41 Å². The lowest BCUT2D eigenvalue weighted by Gasteiger charge is -2.28. The van der Waals surface area contributed by atoms with Crippen molar-refractivity contribution in [2.45, 2.75) is 53.2 Å². The van der Waals surface area contributed by atoms with E-state index in [2.05, 4.69) is 30.0 Å². The van der Waals surface area contributed by atoms with Crippen molar-refractivity contribution in [1.82, 2.24) is 19.2 Å². The zero-order chi connectivity index (χ0) is 17.7. The Morgan fingerprint density at radius 1 is 1.17 bits per heavy atom. The molecular weight excluding hydrogens is 324 g/mol. The van der Waals surface area contributed by atoms with Gasteiger partial charge in [0.1, 0.15) is 5.82 Å². The Kier molecular flexibility index (Phi) is 4.03. The molecular formula is C18H25ClN4O. The molecule has 0 unspecified atom stereocenters. The second-order valence-electron chi connectivity index (χ2n) is 8.10. The quantitative estimate of drug-likeness (QED) is 0.796. The first-order valence-corrected chi connectivity index (χ1v) is 8.78. The zero-order valence-electron chi connectivity index (χ0n) is 15.0. The predicted molar refractivity (Wildman–Crippen MR) is 95.3 cm³/mol. The van der Waals surface area contributed by atoms with Gasteiger partial charge in [-0.3, -0.25) is 4.79 Å². The van der Waals surface area contributed by atoms with Crippen LogP contribution in [0.3, 0.4) is 0 Å². The Labute approximate surface area is 148 Å². The summed E-state index contributed by atoms with van der Waals surface area (Å²) in [4.78, 5) is 14.6. The molecule has 24 heavy (non-hydrogen) atoms. The average Bonchev–Trinajstić information content (AvgIpc) is 3.19. The fourth-order valence-electron chi connectivity index (χ4n) is 3.04. The highest BCUT2D eigenvalue weighted by atomic mass is 35.5. The molecule has 5 nitrogen and oxygen atoms in total. The number of alkyl halides is 1. The average molecular weight is 349 g/mol. The summed E-state index contributed by atoms with van der Waals surface area (Å²) in [5, 5.41) is 4.83. The number of carbonyl (C=O) groups excluding carboxylic acids is 1. The third kappa shape index (κ3) is 2.75. The first-order chi connectivity index (χ1) is 11.1. The van der Waals surface area contributed by atoms with Gasteiger partial charge in [-0.25, -0.2) is 4.68 Å².